The van der Waals surface area contributed by atoms with Gasteiger partial charge in [-0.1, -0.05) is 19.9 Å². The van der Waals surface area contributed by atoms with E-state index in [2.05, 4.69) is 64.4 Å². The summed E-state index contributed by atoms with van der Waals surface area (Å²) < 4.78 is 0. The lowest BCUT2D eigenvalue weighted by Gasteiger charge is -2.26. The van der Waals surface area contributed by atoms with Crippen molar-refractivity contribution in [2.45, 2.75) is 52.7 Å². The summed E-state index contributed by atoms with van der Waals surface area (Å²) in [5, 5.41) is 15.7. The molecule has 1 aromatic rings. The SMILES string of the molecule is CCNC(/N=C(/C)[C@@H](C)c1nc(C)c[nH]1)N(C)CCCNC1=NC=C(C#N)CC=C1. The van der Waals surface area contributed by atoms with E-state index in [1.54, 1.807) is 6.20 Å². The van der Waals surface area contributed by atoms with Crippen LogP contribution in [0.25, 0.3) is 0 Å². The normalized spacial score (nSPS) is 16.5. The van der Waals surface area contributed by atoms with Crippen molar-refractivity contribution in [3.05, 3.63) is 41.6 Å². The number of allylic oxidation sites excluding steroid dienone is 2. The summed E-state index contributed by atoms with van der Waals surface area (Å²) >= 11 is 0. The zero-order valence-corrected chi connectivity index (χ0v) is 18.7. The third kappa shape index (κ3) is 7.25. The van der Waals surface area contributed by atoms with Crippen LogP contribution in [0.2, 0.25) is 0 Å². The van der Waals surface area contributed by atoms with Crippen molar-refractivity contribution in [2.75, 3.05) is 26.7 Å². The molecule has 0 amide bonds. The van der Waals surface area contributed by atoms with E-state index in [4.69, 9.17) is 10.3 Å². The van der Waals surface area contributed by atoms with Crippen molar-refractivity contribution in [2.24, 2.45) is 9.98 Å². The Bertz CT molecular complexity index is 840. The van der Waals surface area contributed by atoms with E-state index >= 15 is 0 Å². The van der Waals surface area contributed by atoms with Crippen LogP contribution in [0.1, 0.15) is 51.0 Å². The Hall–Kier alpha value is -2.76. The number of nitriles is 1. The standard InChI is InChI=1S/C22H34N8/c1-6-24-22(29-18(4)17(3)21-27-14-16(2)28-21)30(5)12-8-11-25-20-10-7-9-19(13-23)15-26-20/h7,10,14-15,17,22,24H,6,8-9,11-12H2,1-5H3,(H,25,26)(H,27,28)/b29-18-/t17-,22?/m1/s1. The van der Waals surface area contributed by atoms with Gasteiger partial charge < -0.3 is 10.3 Å². The molecule has 0 saturated heterocycles. The minimum Gasteiger partial charge on any atom is -0.370 e. The summed E-state index contributed by atoms with van der Waals surface area (Å²) in [5.74, 6) is 1.88. The van der Waals surface area contributed by atoms with Gasteiger partial charge in [-0.3, -0.25) is 15.2 Å². The second kappa shape index (κ2) is 12.1. The van der Waals surface area contributed by atoms with Crippen LogP contribution in [0, 0.1) is 18.3 Å². The van der Waals surface area contributed by atoms with E-state index in [9.17, 15) is 0 Å². The quantitative estimate of drug-likeness (QED) is 0.313. The zero-order chi connectivity index (χ0) is 21.9. The Labute approximate surface area is 179 Å². The number of nitrogens with one attached hydrogen (secondary N) is 3. The molecule has 1 unspecified atom stereocenters. The van der Waals surface area contributed by atoms with Gasteiger partial charge >= 0.3 is 0 Å². The highest BCUT2D eigenvalue weighted by atomic mass is 15.3. The summed E-state index contributed by atoms with van der Waals surface area (Å²) in [6.45, 7) is 10.8. The maximum absolute atomic E-state index is 8.97. The maximum Gasteiger partial charge on any atom is 0.155 e. The molecule has 3 N–H and O–H groups in total. The number of hydrogen-bond acceptors (Lipinski definition) is 7. The first kappa shape index (κ1) is 23.5. The van der Waals surface area contributed by atoms with Gasteiger partial charge in [-0.15, -0.1) is 0 Å². The predicted molar refractivity (Wildman–Crippen MR) is 122 cm³/mol. The Balaban J connectivity index is 1.87. The number of imidazole rings is 1. The fraction of sp³-hybridized carbons (Fsp3) is 0.545. The molecule has 30 heavy (non-hydrogen) atoms. The van der Waals surface area contributed by atoms with Crippen LogP contribution in [0.4, 0.5) is 0 Å². The summed E-state index contributed by atoms with van der Waals surface area (Å²) in [6, 6.07) is 2.15. The predicted octanol–water partition coefficient (Wildman–Crippen LogP) is 2.85. The van der Waals surface area contributed by atoms with E-state index in [-0.39, 0.29) is 12.2 Å². The molecule has 8 nitrogen and oxygen atoms in total. The van der Waals surface area contributed by atoms with Gasteiger partial charge in [0.2, 0.25) is 0 Å². The monoisotopic (exact) mass is 410 g/mol. The van der Waals surface area contributed by atoms with E-state index < -0.39 is 0 Å². The van der Waals surface area contributed by atoms with Gasteiger partial charge in [0.1, 0.15) is 11.7 Å². The van der Waals surface area contributed by atoms with Crippen LogP contribution in [0.3, 0.4) is 0 Å². The number of amidine groups is 1. The van der Waals surface area contributed by atoms with Gasteiger partial charge in [-0.2, -0.15) is 5.26 Å². The molecule has 0 spiro atoms. The summed E-state index contributed by atoms with van der Waals surface area (Å²) in [7, 11) is 2.08. The first-order chi connectivity index (χ1) is 14.4. The molecule has 0 radical (unpaired) electrons. The van der Waals surface area contributed by atoms with Gasteiger partial charge in [0.15, 0.2) is 6.29 Å². The van der Waals surface area contributed by atoms with Gasteiger partial charge in [-0.25, -0.2) is 9.98 Å². The Kier molecular flexibility index (Phi) is 9.45. The van der Waals surface area contributed by atoms with Crippen molar-refractivity contribution >= 4 is 11.5 Å². The third-order valence-corrected chi connectivity index (χ3v) is 5.00. The lowest BCUT2D eigenvalue weighted by atomic mass is 10.1. The van der Waals surface area contributed by atoms with Gasteiger partial charge in [0, 0.05) is 37.6 Å². The molecule has 0 fully saturated rings. The number of aromatic nitrogens is 2. The highest BCUT2D eigenvalue weighted by molar-refractivity contribution is 5.93. The number of aliphatic imine (C=N–C) groups is 2. The molecule has 1 aliphatic heterocycles. The smallest absolute Gasteiger partial charge is 0.155 e. The van der Waals surface area contributed by atoms with Gasteiger partial charge in [0.05, 0.1) is 23.3 Å². The lowest BCUT2D eigenvalue weighted by molar-refractivity contribution is 0.212. The minimum atomic E-state index is -0.0789. The fourth-order valence-electron chi connectivity index (χ4n) is 3.03. The first-order valence-electron chi connectivity index (χ1n) is 10.5. The van der Waals surface area contributed by atoms with Crippen molar-refractivity contribution in [1.29, 1.82) is 5.26 Å². The van der Waals surface area contributed by atoms with E-state index in [0.29, 0.717) is 12.0 Å². The van der Waals surface area contributed by atoms with Crippen LogP contribution in [0.5, 0.6) is 0 Å². The van der Waals surface area contributed by atoms with E-state index in [0.717, 1.165) is 49.1 Å². The van der Waals surface area contributed by atoms with Crippen LogP contribution in [0.15, 0.2) is 40.1 Å². The van der Waals surface area contributed by atoms with Crippen LogP contribution in [-0.2, 0) is 0 Å². The zero-order valence-electron chi connectivity index (χ0n) is 18.7. The maximum atomic E-state index is 8.97. The largest absolute Gasteiger partial charge is 0.370 e. The summed E-state index contributed by atoms with van der Waals surface area (Å²) in [5.41, 5.74) is 2.70. The summed E-state index contributed by atoms with van der Waals surface area (Å²) in [4.78, 5) is 19.2. The molecular formula is C22H34N8. The second-order valence-electron chi connectivity index (χ2n) is 7.50. The average molecular weight is 411 g/mol. The van der Waals surface area contributed by atoms with E-state index in [1.807, 2.05) is 25.3 Å². The van der Waals surface area contributed by atoms with Crippen molar-refractivity contribution in [3.8, 4) is 6.07 Å². The number of aromatic amines is 1. The molecule has 8 heteroatoms. The number of nitrogens with zero attached hydrogens (tertiary/aromatic N) is 5. The van der Waals surface area contributed by atoms with Crippen molar-refractivity contribution in [1.82, 2.24) is 25.5 Å². The van der Waals surface area contributed by atoms with Crippen molar-refractivity contribution in [3.63, 3.8) is 0 Å². The molecule has 162 valence electrons. The number of rotatable bonds is 10. The van der Waals surface area contributed by atoms with Crippen LogP contribution >= 0.6 is 0 Å². The van der Waals surface area contributed by atoms with Gasteiger partial charge in [0.25, 0.3) is 0 Å². The molecule has 0 saturated carbocycles. The van der Waals surface area contributed by atoms with Crippen LogP contribution in [-0.4, -0.2) is 59.4 Å². The molecule has 0 aromatic carbocycles. The fourth-order valence-corrected chi connectivity index (χ4v) is 3.03. The van der Waals surface area contributed by atoms with Gasteiger partial charge in [-0.05, 0) is 39.9 Å². The molecule has 2 rings (SSSR count). The lowest BCUT2D eigenvalue weighted by Crippen LogP contribution is -2.44. The van der Waals surface area contributed by atoms with E-state index in [1.165, 1.54) is 0 Å². The molecule has 2 atom stereocenters. The number of H-pyrrole nitrogens is 1. The van der Waals surface area contributed by atoms with Crippen molar-refractivity contribution < 1.29 is 0 Å². The summed E-state index contributed by atoms with van der Waals surface area (Å²) in [6.07, 6.45) is 8.94. The van der Waals surface area contributed by atoms with Crippen LogP contribution < -0.4 is 10.6 Å². The molecule has 2 heterocycles. The highest BCUT2D eigenvalue weighted by Crippen LogP contribution is 2.14. The molecule has 1 aliphatic rings. The first-order valence-corrected chi connectivity index (χ1v) is 10.5. The molecule has 1 aromatic heterocycles. The molecule has 0 bridgehead atoms. The second-order valence-corrected chi connectivity index (χ2v) is 7.50. The number of aryl methyl sites for hydroxylation is 1. The highest BCUT2D eigenvalue weighted by Gasteiger charge is 2.17. The minimum absolute atomic E-state index is 0.0789. The molecular weight excluding hydrogens is 376 g/mol. The Morgan fingerprint density at radius 1 is 1.47 bits per heavy atom. The third-order valence-electron chi connectivity index (χ3n) is 5.00. The molecule has 0 aliphatic carbocycles. The Morgan fingerprint density at radius 2 is 2.27 bits per heavy atom. The Morgan fingerprint density at radius 3 is 2.93 bits per heavy atom. The topological polar surface area (TPSA) is 104 Å². The average Bonchev–Trinajstić information content (AvgIpc) is 3.04. The number of hydrogen-bond donors (Lipinski definition) is 3.